The van der Waals surface area contributed by atoms with E-state index in [0.29, 0.717) is 12.2 Å². The van der Waals surface area contributed by atoms with Crippen molar-refractivity contribution >= 4 is 11.7 Å². The topological polar surface area (TPSA) is 62.2 Å². The minimum atomic E-state index is -1.02. The number of nitrogens with zero attached hydrogens (tertiary/aromatic N) is 1. The minimum absolute atomic E-state index is 0.123. The van der Waals surface area contributed by atoms with Crippen LogP contribution in [0.3, 0.4) is 0 Å². The van der Waals surface area contributed by atoms with Gasteiger partial charge in [-0.3, -0.25) is 4.98 Å². The second kappa shape index (κ2) is 4.12. The quantitative estimate of drug-likeness (QED) is 0.669. The van der Waals surface area contributed by atoms with Gasteiger partial charge in [0.1, 0.15) is 5.56 Å². The Bertz CT molecular complexity index is 355. The highest BCUT2D eigenvalue weighted by Crippen LogP contribution is 2.12. The minimum Gasteiger partial charge on any atom is -0.478 e. The first-order valence-electron chi connectivity index (χ1n) is 3.60. The van der Waals surface area contributed by atoms with E-state index in [2.05, 4.69) is 16.2 Å². The number of hydrogen-bond donors (Lipinski definition) is 2. The van der Waals surface area contributed by atoms with Crippen LogP contribution in [0.5, 0.6) is 0 Å². The summed E-state index contributed by atoms with van der Waals surface area (Å²) in [7, 11) is 0. The summed E-state index contributed by atoms with van der Waals surface area (Å²) in [6, 6.07) is 1.57. The van der Waals surface area contributed by atoms with Gasteiger partial charge < -0.3 is 10.4 Å². The highest BCUT2D eigenvalue weighted by Gasteiger charge is 2.07. The molecule has 66 valence electrons. The molecule has 0 amide bonds. The van der Waals surface area contributed by atoms with Gasteiger partial charge in [0.15, 0.2) is 0 Å². The van der Waals surface area contributed by atoms with E-state index >= 15 is 0 Å². The Hall–Kier alpha value is -2.02. The van der Waals surface area contributed by atoms with Gasteiger partial charge in [-0.2, -0.15) is 0 Å². The molecule has 0 radical (unpaired) electrons. The average Bonchev–Trinajstić information content (AvgIpc) is 2.15. The third-order valence-corrected chi connectivity index (χ3v) is 1.43. The van der Waals surface area contributed by atoms with E-state index < -0.39 is 5.97 Å². The van der Waals surface area contributed by atoms with Crippen LogP contribution in [0.4, 0.5) is 5.69 Å². The monoisotopic (exact) mass is 176 g/mol. The van der Waals surface area contributed by atoms with Gasteiger partial charge in [0.05, 0.1) is 12.2 Å². The fraction of sp³-hybridized carbons (Fsp3) is 0.111. The number of aromatic nitrogens is 1. The van der Waals surface area contributed by atoms with E-state index in [1.165, 1.54) is 12.4 Å². The molecule has 1 rings (SSSR count). The summed E-state index contributed by atoms with van der Waals surface area (Å²) in [4.78, 5) is 14.4. The van der Waals surface area contributed by atoms with E-state index in [9.17, 15) is 4.79 Å². The van der Waals surface area contributed by atoms with Crippen LogP contribution in [0.2, 0.25) is 0 Å². The lowest BCUT2D eigenvalue weighted by Crippen LogP contribution is -2.06. The maximum Gasteiger partial charge on any atom is 0.339 e. The van der Waals surface area contributed by atoms with E-state index in [1.807, 2.05) is 0 Å². The summed E-state index contributed by atoms with van der Waals surface area (Å²) in [5.74, 6) is 1.34. The molecule has 1 heterocycles. The zero-order chi connectivity index (χ0) is 9.68. The van der Waals surface area contributed by atoms with Crippen LogP contribution in [-0.2, 0) is 0 Å². The number of rotatable bonds is 3. The number of nitrogens with one attached hydrogen (secondary N) is 1. The molecular formula is C9H8N2O2. The Kier molecular flexibility index (Phi) is 2.87. The zero-order valence-corrected chi connectivity index (χ0v) is 6.82. The SMILES string of the molecule is C#CCNc1ccncc1C(=O)O. The number of carbonyl (C=O) groups is 1. The fourth-order valence-electron chi connectivity index (χ4n) is 0.865. The predicted molar refractivity (Wildman–Crippen MR) is 48.5 cm³/mol. The van der Waals surface area contributed by atoms with Crippen LogP contribution in [-0.4, -0.2) is 22.6 Å². The molecule has 0 fully saturated rings. The van der Waals surface area contributed by atoms with E-state index in [1.54, 1.807) is 6.07 Å². The summed E-state index contributed by atoms with van der Waals surface area (Å²) in [6.45, 7) is 0.296. The second-order valence-corrected chi connectivity index (χ2v) is 2.28. The predicted octanol–water partition coefficient (Wildman–Crippen LogP) is 0.825. The molecule has 4 nitrogen and oxygen atoms in total. The number of anilines is 1. The Morgan fingerprint density at radius 3 is 3.15 bits per heavy atom. The Morgan fingerprint density at radius 1 is 1.77 bits per heavy atom. The number of aromatic carboxylic acids is 1. The molecule has 13 heavy (non-hydrogen) atoms. The summed E-state index contributed by atoms with van der Waals surface area (Å²) in [6.07, 6.45) is 7.81. The first kappa shape index (κ1) is 9.07. The summed E-state index contributed by atoms with van der Waals surface area (Å²) in [5, 5.41) is 11.5. The van der Waals surface area contributed by atoms with E-state index in [-0.39, 0.29) is 5.56 Å². The standard InChI is InChI=1S/C9H8N2O2/c1-2-4-11-8-3-5-10-6-7(8)9(12)13/h1,3,5-6H,4H2,(H,10,11)(H,12,13). The van der Waals surface area contributed by atoms with Crippen molar-refractivity contribution in [3.8, 4) is 12.3 Å². The molecule has 0 unspecified atom stereocenters. The van der Waals surface area contributed by atoms with Crippen LogP contribution >= 0.6 is 0 Å². The number of carboxylic acid groups (broad SMARTS) is 1. The van der Waals surface area contributed by atoms with Gasteiger partial charge >= 0.3 is 5.97 Å². The van der Waals surface area contributed by atoms with Crippen LogP contribution in [0.25, 0.3) is 0 Å². The molecular weight excluding hydrogens is 168 g/mol. The number of hydrogen-bond acceptors (Lipinski definition) is 3. The summed E-state index contributed by atoms with van der Waals surface area (Å²) < 4.78 is 0. The average molecular weight is 176 g/mol. The third-order valence-electron chi connectivity index (χ3n) is 1.43. The van der Waals surface area contributed by atoms with Gasteiger partial charge in [-0.1, -0.05) is 5.92 Å². The molecule has 0 atom stereocenters. The molecule has 0 saturated heterocycles. The molecule has 2 N–H and O–H groups in total. The van der Waals surface area contributed by atoms with E-state index in [0.717, 1.165) is 0 Å². The van der Waals surface area contributed by atoms with Gasteiger partial charge in [0.25, 0.3) is 0 Å². The number of carboxylic acids is 1. The zero-order valence-electron chi connectivity index (χ0n) is 6.82. The molecule has 4 heteroatoms. The van der Waals surface area contributed by atoms with Crippen molar-refractivity contribution in [3.63, 3.8) is 0 Å². The van der Waals surface area contributed by atoms with Crippen molar-refractivity contribution in [2.45, 2.75) is 0 Å². The lowest BCUT2D eigenvalue weighted by molar-refractivity contribution is 0.0697. The molecule has 1 aromatic heterocycles. The first-order chi connectivity index (χ1) is 6.25. The van der Waals surface area contributed by atoms with Gasteiger partial charge in [0, 0.05) is 12.4 Å². The van der Waals surface area contributed by atoms with Crippen LogP contribution in [0, 0.1) is 12.3 Å². The van der Waals surface area contributed by atoms with Crippen molar-refractivity contribution in [1.82, 2.24) is 4.98 Å². The maximum absolute atomic E-state index is 10.7. The van der Waals surface area contributed by atoms with Gasteiger partial charge in [-0.25, -0.2) is 4.79 Å². The lowest BCUT2D eigenvalue weighted by atomic mass is 10.2. The van der Waals surface area contributed by atoms with Crippen LogP contribution in [0.15, 0.2) is 18.5 Å². The molecule has 0 spiro atoms. The molecule has 1 aromatic rings. The first-order valence-corrected chi connectivity index (χ1v) is 3.60. The van der Waals surface area contributed by atoms with Crippen LogP contribution < -0.4 is 5.32 Å². The maximum atomic E-state index is 10.7. The summed E-state index contributed by atoms with van der Waals surface area (Å²) >= 11 is 0. The Morgan fingerprint density at radius 2 is 2.54 bits per heavy atom. The highest BCUT2D eigenvalue weighted by molar-refractivity contribution is 5.93. The highest BCUT2D eigenvalue weighted by atomic mass is 16.4. The number of pyridine rings is 1. The van der Waals surface area contributed by atoms with Gasteiger partial charge in [0.2, 0.25) is 0 Å². The molecule has 0 aliphatic heterocycles. The summed E-state index contributed by atoms with van der Waals surface area (Å²) in [5.41, 5.74) is 0.609. The third kappa shape index (κ3) is 2.20. The second-order valence-electron chi connectivity index (χ2n) is 2.28. The van der Waals surface area contributed by atoms with Crippen molar-refractivity contribution < 1.29 is 9.90 Å². The smallest absolute Gasteiger partial charge is 0.339 e. The van der Waals surface area contributed by atoms with Gasteiger partial charge in [-0.15, -0.1) is 6.42 Å². The normalized spacial score (nSPS) is 8.85. The van der Waals surface area contributed by atoms with E-state index in [4.69, 9.17) is 11.5 Å². The largest absolute Gasteiger partial charge is 0.478 e. The molecule has 0 aromatic carbocycles. The molecule has 0 aliphatic rings. The lowest BCUT2D eigenvalue weighted by Gasteiger charge is -2.04. The van der Waals surface area contributed by atoms with Crippen LogP contribution in [0.1, 0.15) is 10.4 Å². The Balaban J connectivity index is 2.92. The fourth-order valence-corrected chi connectivity index (χ4v) is 0.865. The van der Waals surface area contributed by atoms with Gasteiger partial charge in [-0.05, 0) is 6.07 Å². The van der Waals surface area contributed by atoms with Crippen molar-refractivity contribution in [3.05, 3.63) is 24.0 Å². The molecule has 0 saturated carbocycles. The number of terminal acetylenes is 1. The van der Waals surface area contributed by atoms with Crippen molar-refractivity contribution in [2.24, 2.45) is 0 Å². The van der Waals surface area contributed by atoms with Crippen molar-refractivity contribution in [1.29, 1.82) is 0 Å². The Labute approximate surface area is 75.6 Å². The van der Waals surface area contributed by atoms with Crippen molar-refractivity contribution in [2.75, 3.05) is 11.9 Å². The molecule has 0 aliphatic carbocycles. The molecule has 0 bridgehead atoms.